The van der Waals surface area contributed by atoms with Crippen molar-refractivity contribution in [3.05, 3.63) is 37.0 Å². The summed E-state index contributed by atoms with van der Waals surface area (Å²) in [7, 11) is 0.0553. The van der Waals surface area contributed by atoms with Crippen LogP contribution in [-0.4, -0.2) is 20.3 Å². The molecule has 0 saturated carbocycles. The van der Waals surface area contributed by atoms with E-state index in [1.54, 1.807) is 7.11 Å². The zero-order chi connectivity index (χ0) is 15.4. The molecule has 21 heavy (non-hydrogen) atoms. The standard InChI is InChI=1S/C16H16I2O2Si/c1-20-14-5-11-10-4-9(8-19)12(17)6-15(10)21(2,3)16(11)7-13(14)18/h4-7,19H,8H2,1-3H3. The van der Waals surface area contributed by atoms with Crippen molar-refractivity contribution in [2.45, 2.75) is 19.7 Å². The minimum Gasteiger partial charge on any atom is -0.496 e. The molecule has 2 nitrogen and oxygen atoms in total. The molecule has 2 aromatic rings. The zero-order valence-electron chi connectivity index (χ0n) is 12.1. The fourth-order valence-electron chi connectivity index (χ4n) is 3.07. The Balaban J connectivity index is 2.34. The molecular formula is C16H16I2O2Si. The van der Waals surface area contributed by atoms with Crippen LogP contribution in [0.3, 0.4) is 0 Å². The third kappa shape index (κ3) is 2.36. The van der Waals surface area contributed by atoms with E-state index in [1.807, 2.05) is 0 Å². The van der Waals surface area contributed by atoms with Crippen molar-refractivity contribution < 1.29 is 9.84 Å². The van der Waals surface area contributed by atoms with Crippen LogP contribution in [0.15, 0.2) is 24.3 Å². The maximum atomic E-state index is 9.55. The Hall–Kier alpha value is -0.123. The molecule has 0 atom stereocenters. The molecule has 1 aliphatic heterocycles. The van der Waals surface area contributed by atoms with Crippen molar-refractivity contribution in [3.63, 3.8) is 0 Å². The Kier molecular flexibility index (Phi) is 4.13. The first-order valence-corrected chi connectivity index (χ1v) is 11.9. The summed E-state index contributed by atoms with van der Waals surface area (Å²) >= 11 is 4.67. The van der Waals surface area contributed by atoms with E-state index in [0.29, 0.717) is 0 Å². The van der Waals surface area contributed by atoms with Crippen LogP contribution < -0.4 is 15.1 Å². The first kappa shape index (κ1) is 15.8. The van der Waals surface area contributed by atoms with Crippen LogP contribution in [-0.2, 0) is 6.61 Å². The van der Waals surface area contributed by atoms with E-state index in [4.69, 9.17) is 4.74 Å². The second-order valence-electron chi connectivity index (χ2n) is 5.80. The zero-order valence-corrected chi connectivity index (χ0v) is 17.4. The Morgan fingerprint density at radius 3 is 2.14 bits per heavy atom. The number of ether oxygens (including phenoxy) is 1. The van der Waals surface area contributed by atoms with Gasteiger partial charge in [-0.2, -0.15) is 0 Å². The minimum atomic E-state index is -1.66. The van der Waals surface area contributed by atoms with Crippen LogP contribution in [0.2, 0.25) is 13.1 Å². The van der Waals surface area contributed by atoms with E-state index >= 15 is 0 Å². The SMILES string of the molecule is COc1cc2c(cc1I)[Si](C)(C)c1cc(I)c(CO)cc1-2. The number of fused-ring (bicyclic) bond motifs is 3. The molecule has 110 valence electrons. The summed E-state index contributed by atoms with van der Waals surface area (Å²) in [5.74, 6) is 0.927. The number of aliphatic hydroxyl groups is 1. The van der Waals surface area contributed by atoms with E-state index < -0.39 is 8.07 Å². The Bertz CT molecular complexity index is 680. The van der Waals surface area contributed by atoms with Crippen LogP contribution in [0.25, 0.3) is 11.1 Å². The first-order valence-electron chi connectivity index (χ1n) is 6.72. The molecule has 0 aromatic heterocycles. The minimum absolute atomic E-state index is 0.0877. The smallest absolute Gasteiger partial charge is 0.132 e. The number of aliphatic hydroxyl groups excluding tert-OH is 1. The van der Waals surface area contributed by atoms with Gasteiger partial charge in [0.2, 0.25) is 0 Å². The second kappa shape index (κ2) is 5.50. The third-order valence-electron chi connectivity index (χ3n) is 4.29. The molecule has 0 fully saturated rings. The summed E-state index contributed by atoms with van der Waals surface area (Å²) in [4.78, 5) is 0. The van der Waals surface area contributed by atoms with Gasteiger partial charge in [-0.25, -0.2) is 0 Å². The second-order valence-corrected chi connectivity index (χ2v) is 12.5. The highest BCUT2D eigenvalue weighted by molar-refractivity contribution is 14.1. The number of hydrogen-bond acceptors (Lipinski definition) is 2. The van der Waals surface area contributed by atoms with Crippen molar-refractivity contribution in [1.82, 2.24) is 0 Å². The lowest BCUT2D eigenvalue weighted by molar-refractivity contribution is 0.281. The predicted molar refractivity (Wildman–Crippen MR) is 107 cm³/mol. The van der Waals surface area contributed by atoms with Crippen molar-refractivity contribution in [2.75, 3.05) is 7.11 Å². The van der Waals surface area contributed by atoms with Gasteiger partial charge in [0, 0.05) is 3.57 Å². The van der Waals surface area contributed by atoms with Crippen LogP contribution in [0.4, 0.5) is 0 Å². The van der Waals surface area contributed by atoms with Crippen LogP contribution in [0.5, 0.6) is 5.75 Å². The molecule has 0 unspecified atom stereocenters. The summed E-state index contributed by atoms with van der Waals surface area (Å²) in [5, 5.41) is 12.5. The highest BCUT2D eigenvalue weighted by Crippen LogP contribution is 2.35. The van der Waals surface area contributed by atoms with Gasteiger partial charge in [-0.1, -0.05) is 13.1 Å². The predicted octanol–water partition coefficient (Wildman–Crippen LogP) is 3.20. The van der Waals surface area contributed by atoms with Crippen LogP contribution in [0.1, 0.15) is 5.56 Å². The lowest BCUT2D eigenvalue weighted by atomic mass is 10.0. The topological polar surface area (TPSA) is 29.5 Å². The Labute approximate surface area is 153 Å². The fourth-order valence-corrected chi connectivity index (χ4v) is 8.05. The molecule has 0 aliphatic carbocycles. The van der Waals surface area contributed by atoms with Gasteiger partial charge in [-0.3, -0.25) is 0 Å². The molecule has 1 N–H and O–H groups in total. The molecule has 0 radical (unpaired) electrons. The van der Waals surface area contributed by atoms with E-state index in [-0.39, 0.29) is 6.61 Å². The highest BCUT2D eigenvalue weighted by atomic mass is 127. The molecule has 2 aromatic carbocycles. The van der Waals surface area contributed by atoms with Crippen molar-refractivity contribution in [3.8, 4) is 16.9 Å². The van der Waals surface area contributed by atoms with E-state index in [2.05, 4.69) is 82.5 Å². The summed E-state index contributed by atoms with van der Waals surface area (Å²) in [6.45, 7) is 4.88. The van der Waals surface area contributed by atoms with Crippen molar-refractivity contribution >= 4 is 63.6 Å². The van der Waals surface area contributed by atoms with Gasteiger partial charge in [0.25, 0.3) is 0 Å². The molecule has 0 bridgehead atoms. The fraction of sp³-hybridized carbons (Fsp3) is 0.250. The monoisotopic (exact) mass is 522 g/mol. The lowest BCUT2D eigenvalue weighted by Crippen LogP contribution is -2.49. The normalized spacial score (nSPS) is 14.8. The van der Waals surface area contributed by atoms with E-state index in [0.717, 1.165) is 14.9 Å². The molecule has 0 spiro atoms. The number of rotatable bonds is 2. The Morgan fingerprint density at radius 2 is 1.57 bits per heavy atom. The first-order chi connectivity index (χ1) is 9.90. The maximum absolute atomic E-state index is 9.55. The van der Waals surface area contributed by atoms with Crippen molar-refractivity contribution in [1.29, 1.82) is 0 Å². The molecule has 5 heteroatoms. The number of halogens is 2. The van der Waals surface area contributed by atoms with Crippen molar-refractivity contribution in [2.24, 2.45) is 0 Å². The highest BCUT2D eigenvalue weighted by Gasteiger charge is 2.38. The van der Waals surface area contributed by atoms with Gasteiger partial charge in [-0.05, 0) is 96.5 Å². The van der Waals surface area contributed by atoms with E-state index in [9.17, 15) is 5.11 Å². The maximum Gasteiger partial charge on any atom is 0.132 e. The van der Waals surface area contributed by atoms with Gasteiger partial charge in [0.15, 0.2) is 0 Å². The molecule has 0 saturated heterocycles. The number of hydrogen-bond donors (Lipinski definition) is 1. The third-order valence-corrected chi connectivity index (χ3v) is 9.65. The molecule has 1 aliphatic rings. The summed E-state index contributed by atoms with van der Waals surface area (Å²) in [6, 6.07) is 8.87. The van der Waals surface area contributed by atoms with Gasteiger partial charge in [-0.15, -0.1) is 0 Å². The van der Waals surface area contributed by atoms with E-state index in [1.165, 1.54) is 25.1 Å². The average molecular weight is 522 g/mol. The summed E-state index contributed by atoms with van der Waals surface area (Å²) in [5.41, 5.74) is 3.57. The molecular weight excluding hydrogens is 506 g/mol. The molecule has 3 rings (SSSR count). The summed E-state index contributed by atoms with van der Waals surface area (Å²) in [6.07, 6.45) is 0. The number of benzene rings is 2. The largest absolute Gasteiger partial charge is 0.496 e. The lowest BCUT2D eigenvalue weighted by Gasteiger charge is -2.20. The molecule has 1 heterocycles. The quantitative estimate of drug-likeness (QED) is 0.486. The van der Waals surface area contributed by atoms with Crippen LogP contribution >= 0.6 is 45.2 Å². The average Bonchev–Trinajstić information content (AvgIpc) is 2.65. The Morgan fingerprint density at radius 1 is 1.00 bits per heavy atom. The van der Waals surface area contributed by atoms with Gasteiger partial charge < -0.3 is 9.84 Å². The summed E-state index contributed by atoms with van der Waals surface area (Å²) < 4.78 is 7.81. The van der Waals surface area contributed by atoms with Gasteiger partial charge >= 0.3 is 0 Å². The van der Waals surface area contributed by atoms with Crippen LogP contribution in [0, 0.1) is 7.14 Å². The van der Waals surface area contributed by atoms with Gasteiger partial charge in [0.1, 0.15) is 13.8 Å². The van der Waals surface area contributed by atoms with Gasteiger partial charge in [0.05, 0.1) is 17.3 Å². The number of methoxy groups -OCH3 is 1. The molecule has 0 amide bonds.